The maximum atomic E-state index is 12.8. The van der Waals surface area contributed by atoms with Gasteiger partial charge in [0.2, 0.25) is 0 Å². The molecule has 1 nitrogen and oxygen atoms in total. The number of hydrogen-bond acceptors (Lipinski definition) is 1. The highest BCUT2D eigenvalue weighted by molar-refractivity contribution is 5.15. The van der Waals surface area contributed by atoms with Crippen LogP contribution >= 0.6 is 0 Å². The van der Waals surface area contributed by atoms with Crippen LogP contribution in [0, 0.1) is 11.2 Å². The van der Waals surface area contributed by atoms with Gasteiger partial charge in [-0.05, 0) is 36.1 Å². The predicted molar refractivity (Wildman–Crippen MR) is 62.2 cm³/mol. The van der Waals surface area contributed by atoms with Gasteiger partial charge in [0.15, 0.2) is 0 Å². The molecule has 0 radical (unpaired) electrons. The quantitative estimate of drug-likeness (QED) is 0.750. The molecule has 0 spiro atoms. The van der Waals surface area contributed by atoms with Crippen LogP contribution < -0.4 is 5.32 Å². The largest absolute Gasteiger partial charge is 0.313 e. The van der Waals surface area contributed by atoms with Crippen LogP contribution in [-0.2, 0) is 6.54 Å². The van der Waals surface area contributed by atoms with E-state index in [0.29, 0.717) is 5.41 Å². The summed E-state index contributed by atoms with van der Waals surface area (Å²) in [7, 11) is 0. The molecule has 1 N–H and O–H groups in total. The SMILES string of the molecule is CC(C)(C)CCNCc1cccc(F)c1. The normalized spacial score (nSPS) is 11.7. The van der Waals surface area contributed by atoms with Gasteiger partial charge in [-0.15, -0.1) is 0 Å². The number of nitrogens with one attached hydrogen (secondary N) is 1. The van der Waals surface area contributed by atoms with E-state index in [9.17, 15) is 4.39 Å². The highest BCUT2D eigenvalue weighted by Gasteiger charge is 2.08. The van der Waals surface area contributed by atoms with Gasteiger partial charge in [-0.1, -0.05) is 32.9 Å². The Kier molecular flexibility index (Phi) is 4.28. The van der Waals surface area contributed by atoms with Crippen molar-refractivity contribution < 1.29 is 4.39 Å². The average molecular weight is 209 g/mol. The van der Waals surface area contributed by atoms with E-state index in [4.69, 9.17) is 0 Å². The molecular formula is C13H20FN. The minimum Gasteiger partial charge on any atom is -0.313 e. The zero-order valence-electron chi connectivity index (χ0n) is 9.81. The molecule has 0 bridgehead atoms. The van der Waals surface area contributed by atoms with Crippen molar-refractivity contribution in [3.8, 4) is 0 Å². The summed E-state index contributed by atoms with van der Waals surface area (Å²) in [6.07, 6.45) is 1.13. The minimum absolute atomic E-state index is 0.162. The van der Waals surface area contributed by atoms with Crippen molar-refractivity contribution in [3.05, 3.63) is 35.6 Å². The predicted octanol–water partition coefficient (Wildman–Crippen LogP) is 3.35. The van der Waals surface area contributed by atoms with Crippen LogP contribution in [0.5, 0.6) is 0 Å². The molecule has 0 fully saturated rings. The fraction of sp³-hybridized carbons (Fsp3) is 0.538. The lowest BCUT2D eigenvalue weighted by Gasteiger charge is -2.18. The van der Waals surface area contributed by atoms with E-state index in [1.807, 2.05) is 6.07 Å². The van der Waals surface area contributed by atoms with Crippen LogP contribution in [0.25, 0.3) is 0 Å². The Bertz CT molecular complexity index is 302. The van der Waals surface area contributed by atoms with Gasteiger partial charge in [0.05, 0.1) is 0 Å². The summed E-state index contributed by atoms with van der Waals surface area (Å²) in [4.78, 5) is 0. The molecule has 0 atom stereocenters. The first kappa shape index (κ1) is 12.2. The first-order valence-corrected chi connectivity index (χ1v) is 5.42. The number of hydrogen-bond donors (Lipinski definition) is 1. The van der Waals surface area contributed by atoms with Crippen LogP contribution in [0.1, 0.15) is 32.8 Å². The first-order valence-electron chi connectivity index (χ1n) is 5.42. The number of rotatable bonds is 4. The fourth-order valence-corrected chi connectivity index (χ4v) is 1.34. The molecule has 0 aliphatic heterocycles. The molecule has 0 aromatic heterocycles. The second-order valence-corrected chi connectivity index (χ2v) is 5.12. The smallest absolute Gasteiger partial charge is 0.123 e. The fourth-order valence-electron chi connectivity index (χ4n) is 1.34. The molecule has 1 aromatic carbocycles. The minimum atomic E-state index is -0.162. The van der Waals surface area contributed by atoms with Gasteiger partial charge in [0.25, 0.3) is 0 Å². The third-order valence-corrected chi connectivity index (χ3v) is 2.27. The van der Waals surface area contributed by atoms with Crippen LogP contribution in [0.15, 0.2) is 24.3 Å². The molecule has 84 valence electrons. The summed E-state index contributed by atoms with van der Waals surface area (Å²) in [5, 5.41) is 3.32. The van der Waals surface area contributed by atoms with E-state index in [2.05, 4.69) is 26.1 Å². The molecule has 1 aromatic rings. The molecule has 0 unspecified atom stereocenters. The lowest BCUT2D eigenvalue weighted by atomic mass is 9.92. The molecule has 0 saturated carbocycles. The Morgan fingerprint density at radius 3 is 2.60 bits per heavy atom. The summed E-state index contributed by atoms with van der Waals surface area (Å²) < 4.78 is 12.8. The molecule has 0 heterocycles. The van der Waals surface area contributed by atoms with E-state index in [1.54, 1.807) is 12.1 Å². The van der Waals surface area contributed by atoms with Crippen molar-refractivity contribution in [1.82, 2.24) is 5.32 Å². The lowest BCUT2D eigenvalue weighted by Crippen LogP contribution is -2.20. The Morgan fingerprint density at radius 2 is 2.00 bits per heavy atom. The summed E-state index contributed by atoms with van der Waals surface area (Å²) in [5.41, 5.74) is 1.36. The topological polar surface area (TPSA) is 12.0 Å². The van der Waals surface area contributed by atoms with Gasteiger partial charge in [0, 0.05) is 6.54 Å². The summed E-state index contributed by atoms with van der Waals surface area (Å²) >= 11 is 0. The molecule has 1 rings (SSSR count). The Hall–Kier alpha value is -0.890. The molecule has 0 aliphatic rings. The van der Waals surface area contributed by atoms with Gasteiger partial charge >= 0.3 is 0 Å². The Morgan fingerprint density at radius 1 is 1.27 bits per heavy atom. The van der Waals surface area contributed by atoms with E-state index in [-0.39, 0.29) is 5.82 Å². The number of halogens is 1. The van der Waals surface area contributed by atoms with E-state index in [0.717, 1.165) is 25.1 Å². The standard InChI is InChI=1S/C13H20FN/c1-13(2,3)7-8-15-10-11-5-4-6-12(14)9-11/h4-6,9,15H,7-8,10H2,1-3H3. The van der Waals surface area contributed by atoms with E-state index in [1.165, 1.54) is 6.07 Å². The van der Waals surface area contributed by atoms with Gasteiger partial charge < -0.3 is 5.32 Å². The first-order chi connectivity index (χ1) is 6.97. The molecular weight excluding hydrogens is 189 g/mol. The van der Waals surface area contributed by atoms with Gasteiger partial charge in [-0.25, -0.2) is 4.39 Å². The van der Waals surface area contributed by atoms with Crippen molar-refractivity contribution >= 4 is 0 Å². The third-order valence-electron chi connectivity index (χ3n) is 2.27. The van der Waals surface area contributed by atoms with Crippen LogP contribution in [0.4, 0.5) is 4.39 Å². The highest BCUT2D eigenvalue weighted by Crippen LogP contribution is 2.17. The van der Waals surface area contributed by atoms with Crippen molar-refractivity contribution in [2.45, 2.75) is 33.7 Å². The molecule has 0 aliphatic carbocycles. The number of benzene rings is 1. The maximum Gasteiger partial charge on any atom is 0.123 e. The van der Waals surface area contributed by atoms with Crippen molar-refractivity contribution in [2.75, 3.05) is 6.54 Å². The highest BCUT2D eigenvalue weighted by atomic mass is 19.1. The molecule has 0 amide bonds. The van der Waals surface area contributed by atoms with Gasteiger partial charge in [-0.3, -0.25) is 0 Å². The summed E-state index contributed by atoms with van der Waals surface area (Å²) in [6, 6.07) is 6.73. The van der Waals surface area contributed by atoms with Crippen molar-refractivity contribution in [2.24, 2.45) is 5.41 Å². The third kappa shape index (κ3) is 5.53. The molecule has 15 heavy (non-hydrogen) atoms. The molecule has 2 heteroatoms. The lowest BCUT2D eigenvalue weighted by molar-refractivity contribution is 0.366. The van der Waals surface area contributed by atoms with Gasteiger partial charge in [0.1, 0.15) is 5.82 Å². The zero-order chi connectivity index (χ0) is 11.3. The van der Waals surface area contributed by atoms with E-state index < -0.39 is 0 Å². The van der Waals surface area contributed by atoms with Crippen LogP contribution in [0.2, 0.25) is 0 Å². The second-order valence-electron chi connectivity index (χ2n) is 5.12. The monoisotopic (exact) mass is 209 g/mol. The van der Waals surface area contributed by atoms with E-state index >= 15 is 0 Å². The van der Waals surface area contributed by atoms with Crippen molar-refractivity contribution in [1.29, 1.82) is 0 Å². The summed E-state index contributed by atoms with van der Waals surface area (Å²) in [6.45, 7) is 8.37. The zero-order valence-corrected chi connectivity index (χ0v) is 9.81. The average Bonchev–Trinajstić information content (AvgIpc) is 2.11. The maximum absolute atomic E-state index is 12.8. The van der Waals surface area contributed by atoms with Crippen LogP contribution in [0.3, 0.4) is 0 Å². The van der Waals surface area contributed by atoms with Crippen molar-refractivity contribution in [3.63, 3.8) is 0 Å². The Balaban J connectivity index is 2.26. The van der Waals surface area contributed by atoms with Gasteiger partial charge in [-0.2, -0.15) is 0 Å². The molecule has 0 saturated heterocycles. The second kappa shape index (κ2) is 5.26. The summed E-state index contributed by atoms with van der Waals surface area (Å²) in [5.74, 6) is -0.162. The van der Waals surface area contributed by atoms with Crippen LogP contribution in [-0.4, -0.2) is 6.54 Å². The Labute approximate surface area is 91.7 Å².